The number of rotatable bonds is 8. The van der Waals surface area contributed by atoms with Crippen LogP contribution >= 0.6 is 0 Å². The Morgan fingerprint density at radius 1 is 0.879 bits per heavy atom. The van der Waals surface area contributed by atoms with Crippen molar-refractivity contribution in [2.45, 2.75) is 32.6 Å². The van der Waals surface area contributed by atoms with E-state index in [1.165, 1.54) is 20.1 Å². The number of carbonyl (C=O) groups is 2. The second-order valence-corrected chi connectivity index (χ2v) is 8.32. The second-order valence-electron chi connectivity index (χ2n) is 6.78. The first kappa shape index (κ1) is 28.1. The van der Waals surface area contributed by atoms with Gasteiger partial charge in [0.2, 0.25) is 0 Å². The van der Waals surface area contributed by atoms with Gasteiger partial charge in [0.15, 0.2) is 18.3 Å². The third-order valence-electron chi connectivity index (χ3n) is 4.08. The summed E-state index contributed by atoms with van der Waals surface area (Å²) in [4.78, 5) is 21.6. The maximum Gasteiger partial charge on any atom is 0.534 e. The van der Waals surface area contributed by atoms with Gasteiger partial charge in [0, 0.05) is 14.2 Å². The van der Waals surface area contributed by atoms with Crippen molar-refractivity contribution in [2.75, 3.05) is 14.2 Å². The number of hydrogen-bond acceptors (Lipinski definition) is 8. The van der Waals surface area contributed by atoms with E-state index in [2.05, 4.69) is 4.18 Å². The Balaban J connectivity index is 0.000000361. The number of ether oxygens (including phenoxy) is 2. The number of aromatic hydroxyl groups is 1. The molecule has 182 valence electrons. The van der Waals surface area contributed by atoms with E-state index in [1.807, 2.05) is 13.0 Å². The van der Waals surface area contributed by atoms with Crippen molar-refractivity contribution in [2.24, 2.45) is 0 Å². The Kier molecular flexibility index (Phi) is 10.0. The number of halogens is 3. The van der Waals surface area contributed by atoms with Crippen LogP contribution < -0.4 is 4.18 Å². The Hall–Kier alpha value is -2.96. The molecule has 0 spiro atoms. The number of alkyl halides is 3. The smallest absolute Gasteiger partial charge is 0.507 e. The van der Waals surface area contributed by atoms with Crippen LogP contribution in [-0.2, 0) is 32.8 Å². The predicted molar refractivity (Wildman–Crippen MR) is 112 cm³/mol. The summed E-state index contributed by atoms with van der Waals surface area (Å²) >= 11 is 0. The van der Waals surface area contributed by atoms with Gasteiger partial charge in [-0.2, -0.15) is 21.6 Å². The maximum absolute atomic E-state index is 12.3. The molecule has 0 aliphatic rings. The largest absolute Gasteiger partial charge is 0.534 e. The van der Waals surface area contributed by atoms with Crippen molar-refractivity contribution < 1.29 is 49.9 Å². The van der Waals surface area contributed by atoms with Gasteiger partial charge >= 0.3 is 15.6 Å². The van der Waals surface area contributed by atoms with E-state index in [1.54, 1.807) is 13.2 Å². The minimum atomic E-state index is -5.83. The number of carbonyl (C=O) groups excluding carboxylic acids is 2. The van der Waals surface area contributed by atoms with Crippen molar-refractivity contribution in [1.82, 2.24) is 0 Å². The molecule has 0 unspecified atom stereocenters. The zero-order chi connectivity index (χ0) is 25.4. The van der Waals surface area contributed by atoms with Crippen molar-refractivity contribution in [3.8, 4) is 11.5 Å². The summed E-state index contributed by atoms with van der Waals surface area (Å²) in [7, 11) is -2.96. The van der Waals surface area contributed by atoms with E-state index in [0.717, 1.165) is 17.2 Å². The van der Waals surface area contributed by atoms with E-state index in [9.17, 15) is 36.3 Å². The molecule has 33 heavy (non-hydrogen) atoms. The molecule has 0 atom stereocenters. The molecule has 12 heteroatoms. The van der Waals surface area contributed by atoms with E-state index in [0.29, 0.717) is 24.0 Å². The van der Waals surface area contributed by atoms with Gasteiger partial charge in [-0.15, -0.1) is 0 Å². The number of aryl methyl sites for hydroxylation is 2. The van der Waals surface area contributed by atoms with Crippen molar-refractivity contribution in [3.63, 3.8) is 0 Å². The molecule has 0 heterocycles. The summed E-state index contributed by atoms with van der Waals surface area (Å²) in [6.07, 6.45) is 0.859. The molecule has 2 aromatic carbocycles. The minimum absolute atomic E-state index is 0.0158. The molecule has 1 N–H and O–H groups in total. The van der Waals surface area contributed by atoms with Crippen molar-refractivity contribution in [1.29, 1.82) is 0 Å². The number of phenolic OH excluding ortho intramolecular Hbond substituents is 1. The molecule has 0 aliphatic carbocycles. The summed E-state index contributed by atoms with van der Waals surface area (Å²) in [5.74, 6) is -0.661. The fourth-order valence-corrected chi connectivity index (χ4v) is 3.21. The summed E-state index contributed by atoms with van der Waals surface area (Å²) in [6.45, 7) is 3.63. The average molecular weight is 492 g/mol. The molecule has 2 aromatic rings. The zero-order valence-electron chi connectivity index (χ0n) is 18.2. The Labute approximate surface area is 189 Å². The first-order valence-corrected chi connectivity index (χ1v) is 10.6. The lowest BCUT2D eigenvalue weighted by molar-refractivity contribution is -0.0500. The van der Waals surface area contributed by atoms with E-state index in [-0.39, 0.29) is 29.8 Å². The highest BCUT2D eigenvalue weighted by Crippen LogP contribution is 2.31. The molecular weight excluding hydrogens is 469 g/mol. The lowest BCUT2D eigenvalue weighted by atomic mass is 10.0. The Morgan fingerprint density at radius 2 is 1.33 bits per heavy atom. The van der Waals surface area contributed by atoms with Gasteiger partial charge in [-0.1, -0.05) is 12.1 Å². The second kappa shape index (κ2) is 11.8. The first-order valence-electron chi connectivity index (χ1n) is 9.16. The highest BCUT2D eigenvalue weighted by atomic mass is 32.2. The topological polar surface area (TPSA) is 116 Å². The molecule has 2 rings (SSSR count). The van der Waals surface area contributed by atoms with Crippen LogP contribution in [0.3, 0.4) is 0 Å². The quantitative estimate of drug-likeness (QED) is 0.336. The van der Waals surface area contributed by atoms with Crippen molar-refractivity contribution >= 4 is 22.7 Å². The highest BCUT2D eigenvalue weighted by Gasteiger charge is 2.48. The Bertz CT molecular complexity index is 1100. The SMILES string of the molecule is COCc1cc(C)cc(O)c1C=O.COCc1cc(C)cc(OS(=O)(=O)C(F)(F)F)c1C=O. The number of benzene rings is 2. The van der Waals surface area contributed by atoms with Gasteiger partial charge in [0.1, 0.15) is 5.75 Å². The minimum Gasteiger partial charge on any atom is -0.507 e. The maximum atomic E-state index is 12.3. The number of hydrogen-bond donors (Lipinski definition) is 1. The fraction of sp³-hybridized carbons (Fsp3) is 0.333. The van der Waals surface area contributed by atoms with E-state index < -0.39 is 21.4 Å². The molecule has 0 aliphatic heterocycles. The standard InChI is InChI=1S/C11H11F3O5S.C10H12O3/c1-7-3-8(6-18-2)9(5-15)10(4-7)19-20(16,17)11(12,13)14;1-7-3-8(6-13-2)9(5-11)10(12)4-7/h3-5H,6H2,1-2H3;3-5,12H,6H2,1-2H3. The van der Waals surface area contributed by atoms with Gasteiger partial charge in [0.05, 0.1) is 24.3 Å². The lowest BCUT2D eigenvalue weighted by Gasteiger charge is -2.14. The van der Waals surface area contributed by atoms with Crippen LogP contribution in [0.15, 0.2) is 24.3 Å². The molecule has 0 saturated carbocycles. The van der Waals surface area contributed by atoms with Crippen LogP contribution in [0.2, 0.25) is 0 Å². The molecule has 0 radical (unpaired) electrons. The zero-order valence-corrected chi connectivity index (χ0v) is 19.0. The fourth-order valence-electron chi connectivity index (χ4n) is 2.74. The van der Waals surface area contributed by atoms with Gasteiger partial charge in [0.25, 0.3) is 0 Å². The summed E-state index contributed by atoms with van der Waals surface area (Å²) < 4.78 is 72.5. The van der Waals surface area contributed by atoms with Gasteiger partial charge < -0.3 is 18.8 Å². The van der Waals surface area contributed by atoms with Crippen LogP contribution in [0.1, 0.15) is 43.0 Å². The van der Waals surface area contributed by atoms with Gasteiger partial charge in [-0.25, -0.2) is 0 Å². The van der Waals surface area contributed by atoms with Crippen LogP contribution in [0.4, 0.5) is 13.2 Å². The molecule has 8 nitrogen and oxygen atoms in total. The molecular formula is C21H23F3O8S. The Morgan fingerprint density at radius 3 is 1.76 bits per heavy atom. The molecule has 0 fully saturated rings. The van der Waals surface area contributed by atoms with E-state index in [4.69, 9.17) is 9.47 Å². The molecule has 0 bridgehead atoms. The third kappa shape index (κ3) is 7.55. The van der Waals surface area contributed by atoms with Crippen LogP contribution in [0.25, 0.3) is 0 Å². The number of methoxy groups -OCH3 is 2. The number of aldehydes is 2. The van der Waals surface area contributed by atoms with Gasteiger partial charge in [-0.3, -0.25) is 9.59 Å². The highest BCUT2D eigenvalue weighted by molar-refractivity contribution is 7.88. The number of phenols is 1. The van der Waals surface area contributed by atoms with Crippen LogP contribution in [0.5, 0.6) is 11.5 Å². The molecule has 0 saturated heterocycles. The van der Waals surface area contributed by atoms with Gasteiger partial charge in [-0.05, 0) is 48.2 Å². The molecule has 0 aromatic heterocycles. The predicted octanol–water partition coefficient (Wildman–Crippen LogP) is 3.84. The lowest BCUT2D eigenvalue weighted by Crippen LogP contribution is -2.28. The monoisotopic (exact) mass is 492 g/mol. The van der Waals surface area contributed by atoms with Crippen LogP contribution in [0, 0.1) is 13.8 Å². The first-order chi connectivity index (χ1) is 15.3. The third-order valence-corrected chi connectivity index (χ3v) is 5.04. The van der Waals surface area contributed by atoms with Crippen molar-refractivity contribution in [3.05, 3.63) is 57.6 Å². The normalized spacial score (nSPS) is 11.4. The summed E-state index contributed by atoms with van der Waals surface area (Å²) in [5, 5.41) is 9.41. The van der Waals surface area contributed by atoms with E-state index >= 15 is 0 Å². The summed E-state index contributed by atoms with van der Waals surface area (Å²) in [6, 6.07) is 5.91. The molecule has 0 amide bonds. The van der Waals surface area contributed by atoms with Crippen LogP contribution in [-0.4, -0.2) is 45.8 Å². The summed E-state index contributed by atoms with van der Waals surface area (Å²) in [5.41, 5.74) is -3.27. The average Bonchev–Trinajstić information content (AvgIpc) is 2.67.